The predicted molar refractivity (Wildman–Crippen MR) is 85.3 cm³/mol. The van der Waals surface area contributed by atoms with Gasteiger partial charge in [0.15, 0.2) is 0 Å². The van der Waals surface area contributed by atoms with Gasteiger partial charge in [0.05, 0.1) is 5.92 Å². The molecule has 0 saturated carbocycles. The molecule has 0 aliphatic rings. The van der Waals surface area contributed by atoms with E-state index in [9.17, 15) is 9.90 Å². The lowest BCUT2D eigenvalue weighted by Gasteiger charge is -2.16. The second-order valence-corrected chi connectivity index (χ2v) is 5.78. The zero-order valence-corrected chi connectivity index (χ0v) is 13.1. The first-order valence-electron chi connectivity index (χ1n) is 7.41. The van der Waals surface area contributed by atoms with Crippen molar-refractivity contribution >= 4 is 5.97 Å². The number of benzene rings is 1. The van der Waals surface area contributed by atoms with Crippen molar-refractivity contribution in [1.29, 1.82) is 0 Å². The Morgan fingerprint density at radius 1 is 1.18 bits per heavy atom. The molecule has 1 N–H and O–H groups in total. The van der Waals surface area contributed by atoms with E-state index in [1.54, 1.807) is 25.4 Å². The number of pyridine rings is 1. The average Bonchev–Trinajstić information content (AvgIpc) is 2.48. The van der Waals surface area contributed by atoms with E-state index in [2.05, 4.69) is 18.8 Å². The van der Waals surface area contributed by atoms with Crippen LogP contribution in [0, 0.1) is 5.92 Å². The highest BCUT2D eigenvalue weighted by molar-refractivity contribution is 5.76. The summed E-state index contributed by atoms with van der Waals surface area (Å²) >= 11 is 0. The van der Waals surface area contributed by atoms with Gasteiger partial charge in [0.2, 0.25) is 0 Å². The van der Waals surface area contributed by atoms with E-state index in [-0.39, 0.29) is 0 Å². The van der Waals surface area contributed by atoms with Crippen LogP contribution in [0.4, 0.5) is 0 Å². The van der Waals surface area contributed by atoms with Crippen LogP contribution in [-0.2, 0) is 11.2 Å². The molecule has 0 aliphatic heterocycles. The van der Waals surface area contributed by atoms with E-state index in [0.717, 1.165) is 17.7 Å². The number of ether oxygens (including phenoxy) is 1. The van der Waals surface area contributed by atoms with E-state index in [1.807, 2.05) is 24.3 Å². The molecule has 1 unspecified atom stereocenters. The number of aliphatic carboxylic acids is 1. The van der Waals surface area contributed by atoms with Crippen LogP contribution in [0.1, 0.15) is 37.8 Å². The van der Waals surface area contributed by atoms with Crippen molar-refractivity contribution in [3.63, 3.8) is 0 Å². The molecule has 22 heavy (non-hydrogen) atoms. The molecule has 4 heteroatoms. The van der Waals surface area contributed by atoms with Crippen LogP contribution >= 0.6 is 0 Å². The number of nitrogens with zero attached hydrogens (tertiary/aromatic N) is 1. The van der Waals surface area contributed by atoms with E-state index in [1.165, 1.54) is 0 Å². The molecule has 0 amide bonds. The first kappa shape index (κ1) is 16.0. The maximum absolute atomic E-state index is 11.2. The van der Waals surface area contributed by atoms with Crippen molar-refractivity contribution in [3.05, 3.63) is 53.9 Å². The molecule has 0 bridgehead atoms. The number of para-hydroxylation sites is 1. The molecule has 1 heterocycles. The Bertz CT molecular complexity index is 652. The molecule has 0 spiro atoms. The van der Waals surface area contributed by atoms with Gasteiger partial charge >= 0.3 is 5.97 Å². The first-order valence-corrected chi connectivity index (χ1v) is 7.41. The fraction of sp³-hybridized carbons (Fsp3) is 0.333. The van der Waals surface area contributed by atoms with E-state index in [0.29, 0.717) is 17.2 Å². The fourth-order valence-corrected chi connectivity index (χ4v) is 2.28. The molecule has 1 aromatic heterocycles. The standard InChI is InChI=1S/C18H21NO3/c1-12(2)10-14-6-4-5-7-16(14)22-17-8-9-19-11-15(17)13(3)18(20)21/h4-9,11-13H,10H2,1-3H3,(H,20,21). The smallest absolute Gasteiger partial charge is 0.310 e. The number of hydrogen-bond donors (Lipinski definition) is 1. The maximum atomic E-state index is 11.2. The quantitative estimate of drug-likeness (QED) is 0.865. The maximum Gasteiger partial charge on any atom is 0.310 e. The van der Waals surface area contributed by atoms with Gasteiger partial charge in [-0.3, -0.25) is 9.78 Å². The lowest BCUT2D eigenvalue weighted by atomic mass is 10.0. The Morgan fingerprint density at radius 2 is 1.91 bits per heavy atom. The first-order chi connectivity index (χ1) is 10.5. The van der Waals surface area contributed by atoms with Crippen molar-refractivity contribution in [2.45, 2.75) is 33.1 Å². The predicted octanol–water partition coefficient (Wildman–Crippen LogP) is 4.26. The Balaban J connectivity index is 2.34. The van der Waals surface area contributed by atoms with Crippen LogP contribution in [0.5, 0.6) is 11.5 Å². The van der Waals surface area contributed by atoms with Gasteiger partial charge in [-0.2, -0.15) is 0 Å². The average molecular weight is 299 g/mol. The highest BCUT2D eigenvalue weighted by atomic mass is 16.5. The van der Waals surface area contributed by atoms with E-state index in [4.69, 9.17) is 4.74 Å². The number of rotatable bonds is 6. The van der Waals surface area contributed by atoms with E-state index < -0.39 is 11.9 Å². The van der Waals surface area contributed by atoms with Crippen molar-refractivity contribution in [2.75, 3.05) is 0 Å². The van der Waals surface area contributed by atoms with E-state index >= 15 is 0 Å². The Morgan fingerprint density at radius 3 is 2.59 bits per heavy atom. The summed E-state index contributed by atoms with van der Waals surface area (Å²) < 4.78 is 6.01. The third kappa shape index (κ3) is 3.85. The van der Waals surface area contributed by atoms with Crippen LogP contribution in [0.2, 0.25) is 0 Å². The summed E-state index contributed by atoms with van der Waals surface area (Å²) in [5.41, 5.74) is 1.69. The molecule has 2 aromatic rings. The number of aromatic nitrogens is 1. The number of hydrogen-bond acceptors (Lipinski definition) is 3. The number of carbonyl (C=O) groups is 1. The largest absolute Gasteiger partial charge is 0.481 e. The highest BCUT2D eigenvalue weighted by Gasteiger charge is 2.19. The minimum Gasteiger partial charge on any atom is -0.481 e. The highest BCUT2D eigenvalue weighted by Crippen LogP contribution is 2.32. The van der Waals surface area contributed by atoms with Crippen molar-refractivity contribution in [3.8, 4) is 11.5 Å². The summed E-state index contributed by atoms with van der Waals surface area (Å²) in [6.07, 6.45) is 4.07. The molecule has 1 atom stereocenters. The monoisotopic (exact) mass is 299 g/mol. The van der Waals surface area contributed by atoms with Gasteiger partial charge in [0, 0.05) is 18.0 Å². The minimum absolute atomic E-state index is 0.514. The second-order valence-electron chi connectivity index (χ2n) is 5.78. The van der Waals surface area contributed by atoms with Gasteiger partial charge < -0.3 is 9.84 Å². The summed E-state index contributed by atoms with van der Waals surface area (Å²) in [5, 5.41) is 9.22. The molecule has 4 nitrogen and oxygen atoms in total. The van der Waals surface area contributed by atoms with Crippen LogP contribution in [0.3, 0.4) is 0 Å². The topological polar surface area (TPSA) is 59.4 Å². The zero-order chi connectivity index (χ0) is 16.1. The van der Waals surface area contributed by atoms with Gasteiger partial charge in [-0.25, -0.2) is 0 Å². The number of carboxylic acids is 1. The molecular formula is C18H21NO3. The third-order valence-corrected chi connectivity index (χ3v) is 3.47. The van der Waals surface area contributed by atoms with Gasteiger partial charge in [0.25, 0.3) is 0 Å². The summed E-state index contributed by atoms with van der Waals surface area (Å²) in [6.45, 7) is 5.94. The molecule has 0 fully saturated rings. The van der Waals surface area contributed by atoms with Gasteiger partial charge in [0.1, 0.15) is 11.5 Å². The van der Waals surface area contributed by atoms with Gasteiger partial charge in [-0.05, 0) is 37.0 Å². The Hall–Kier alpha value is -2.36. The van der Waals surface area contributed by atoms with Gasteiger partial charge in [-0.15, -0.1) is 0 Å². The molecule has 2 rings (SSSR count). The van der Waals surface area contributed by atoms with Crippen LogP contribution < -0.4 is 4.74 Å². The molecule has 0 radical (unpaired) electrons. The normalized spacial score (nSPS) is 12.2. The van der Waals surface area contributed by atoms with Crippen LogP contribution in [0.15, 0.2) is 42.7 Å². The fourth-order valence-electron chi connectivity index (χ4n) is 2.28. The molecule has 0 aliphatic carbocycles. The van der Waals surface area contributed by atoms with Crippen molar-refractivity contribution in [2.24, 2.45) is 5.92 Å². The number of carboxylic acid groups (broad SMARTS) is 1. The second kappa shape index (κ2) is 7.07. The zero-order valence-electron chi connectivity index (χ0n) is 13.1. The summed E-state index contributed by atoms with van der Waals surface area (Å²) in [4.78, 5) is 15.3. The minimum atomic E-state index is -0.895. The molecule has 116 valence electrons. The molecular weight excluding hydrogens is 278 g/mol. The third-order valence-electron chi connectivity index (χ3n) is 3.47. The van der Waals surface area contributed by atoms with Crippen LogP contribution in [-0.4, -0.2) is 16.1 Å². The summed E-state index contributed by atoms with van der Waals surface area (Å²) in [7, 11) is 0. The Labute approximate surface area is 130 Å². The van der Waals surface area contributed by atoms with Crippen LogP contribution in [0.25, 0.3) is 0 Å². The van der Waals surface area contributed by atoms with Gasteiger partial charge in [-0.1, -0.05) is 32.0 Å². The molecule has 1 aromatic carbocycles. The summed E-state index contributed by atoms with van der Waals surface area (Å²) in [6, 6.07) is 9.56. The molecule has 0 saturated heterocycles. The lowest BCUT2D eigenvalue weighted by Crippen LogP contribution is -2.09. The lowest BCUT2D eigenvalue weighted by molar-refractivity contribution is -0.138. The Kier molecular flexibility index (Phi) is 5.15. The SMILES string of the molecule is CC(C)Cc1ccccc1Oc1ccncc1C(C)C(=O)O. The van der Waals surface area contributed by atoms with Crippen molar-refractivity contribution in [1.82, 2.24) is 4.98 Å². The summed E-state index contributed by atoms with van der Waals surface area (Å²) in [5.74, 6) is 0.260. The van der Waals surface area contributed by atoms with Crippen molar-refractivity contribution < 1.29 is 14.6 Å².